The van der Waals surface area contributed by atoms with Gasteiger partial charge in [-0.25, -0.2) is 0 Å². The summed E-state index contributed by atoms with van der Waals surface area (Å²) in [6, 6.07) is 1.28. The van der Waals surface area contributed by atoms with Crippen LogP contribution in [0.15, 0.2) is 0 Å². The van der Waals surface area contributed by atoms with Gasteiger partial charge in [0.25, 0.3) is 0 Å². The van der Waals surface area contributed by atoms with Crippen molar-refractivity contribution in [2.75, 3.05) is 7.11 Å². The molecule has 21 heavy (non-hydrogen) atoms. The fraction of sp³-hybridized carbons (Fsp3) is 1.00. The molecule has 0 aliphatic heterocycles. The van der Waals surface area contributed by atoms with Crippen LogP contribution >= 0.6 is 0 Å². The van der Waals surface area contributed by atoms with E-state index in [1.807, 2.05) is 6.92 Å². The van der Waals surface area contributed by atoms with Crippen LogP contribution in [0, 0.1) is 0 Å². The quantitative estimate of drug-likeness (QED) is 0.234. The molecule has 3 heteroatoms. The Balaban J connectivity index is 3.69. The van der Waals surface area contributed by atoms with Crippen LogP contribution in [0.4, 0.5) is 0 Å². The molecule has 0 N–H and O–H groups in total. The Kier molecular flexibility index (Phi) is 12.7. The molecule has 0 bridgehead atoms. The molecule has 0 aliphatic rings. The number of methoxy groups -OCH3 is 1. The van der Waals surface area contributed by atoms with Crippen molar-refractivity contribution in [3.63, 3.8) is 0 Å². The number of unbranched alkanes of at least 4 members (excludes halogenated alkanes) is 8. The molecule has 0 rings (SSSR count). The van der Waals surface area contributed by atoms with E-state index in [1.54, 1.807) is 7.11 Å². The number of rotatable bonds is 13. The van der Waals surface area contributed by atoms with Gasteiger partial charge >= 0.3 is 0 Å². The highest BCUT2D eigenvalue weighted by atomic mass is 28.3. The minimum Gasteiger partial charge on any atom is -0.395 e. The lowest BCUT2D eigenvalue weighted by molar-refractivity contribution is -0.0440. The minimum absolute atomic E-state index is 0.0422. The van der Waals surface area contributed by atoms with Gasteiger partial charge in [-0.1, -0.05) is 85.5 Å². The second kappa shape index (κ2) is 12.7. The van der Waals surface area contributed by atoms with Crippen LogP contribution in [-0.4, -0.2) is 22.4 Å². The topological polar surface area (TPSA) is 18.5 Å². The third-order valence-electron chi connectivity index (χ3n) is 4.22. The summed E-state index contributed by atoms with van der Waals surface area (Å²) in [6.45, 7) is 11.3. The van der Waals surface area contributed by atoms with Crippen LogP contribution in [0.5, 0.6) is 0 Å². The predicted molar refractivity (Wildman–Crippen MR) is 96.5 cm³/mol. The Morgan fingerprint density at radius 3 is 1.76 bits per heavy atom. The van der Waals surface area contributed by atoms with E-state index < -0.39 is 9.04 Å². The zero-order valence-corrected chi connectivity index (χ0v) is 16.7. The van der Waals surface area contributed by atoms with Gasteiger partial charge in [0.15, 0.2) is 9.04 Å². The summed E-state index contributed by atoms with van der Waals surface area (Å²) < 4.78 is 11.4. The smallest absolute Gasteiger partial charge is 0.185 e. The Morgan fingerprint density at radius 1 is 0.857 bits per heavy atom. The Hall–Kier alpha value is 0.137. The molecule has 0 saturated heterocycles. The molecule has 0 aromatic rings. The van der Waals surface area contributed by atoms with Crippen molar-refractivity contribution < 1.29 is 9.16 Å². The molecule has 0 spiro atoms. The van der Waals surface area contributed by atoms with Crippen LogP contribution in [0.2, 0.25) is 11.1 Å². The fourth-order valence-corrected chi connectivity index (χ4v) is 5.28. The third-order valence-corrected chi connectivity index (χ3v) is 7.80. The maximum atomic E-state index is 6.15. The lowest BCUT2D eigenvalue weighted by atomic mass is 10.1. The number of hydrogen-bond acceptors (Lipinski definition) is 2. The van der Waals surface area contributed by atoms with Crippen molar-refractivity contribution in [3.05, 3.63) is 0 Å². The average molecular weight is 317 g/mol. The monoisotopic (exact) mass is 316 g/mol. The summed E-state index contributed by atoms with van der Waals surface area (Å²) in [5, 5.41) is 0.326. The van der Waals surface area contributed by atoms with Crippen molar-refractivity contribution in [2.45, 2.75) is 110 Å². The molecule has 0 aromatic carbocycles. The Morgan fingerprint density at radius 2 is 1.33 bits per heavy atom. The zero-order valence-electron chi connectivity index (χ0n) is 15.5. The van der Waals surface area contributed by atoms with E-state index in [0.29, 0.717) is 5.04 Å². The van der Waals surface area contributed by atoms with Crippen molar-refractivity contribution >= 4 is 9.04 Å². The van der Waals surface area contributed by atoms with E-state index in [9.17, 15) is 0 Å². The van der Waals surface area contributed by atoms with Crippen LogP contribution in [-0.2, 0) is 9.16 Å². The summed E-state index contributed by atoms with van der Waals surface area (Å²) >= 11 is 0. The van der Waals surface area contributed by atoms with Crippen LogP contribution in [0.1, 0.15) is 92.4 Å². The molecule has 0 fully saturated rings. The molecule has 2 atom stereocenters. The second-order valence-corrected chi connectivity index (χ2v) is 11.0. The molecule has 2 nitrogen and oxygen atoms in total. The standard InChI is InChI=1S/C18H40O2Si/c1-7-8-9-10-11-12-13-14-15-16-21(18(3,4)5)20-17(2)19-6/h17,21H,7-16H2,1-6H3. The first kappa shape index (κ1) is 21.1. The summed E-state index contributed by atoms with van der Waals surface area (Å²) in [6.07, 6.45) is 12.5. The van der Waals surface area contributed by atoms with Gasteiger partial charge in [-0.15, -0.1) is 0 Å². The van der Waals surface area contributed by atoms with E-state index in [4.69, 9.17) is 9.16 Å². The summed E-state index contributed by atoms with van der Waals surface area (Å²) in [5.41, 5.74) is 0. The molecule has 2 unspecified atom stereocenters. The minimum atomic E-state index is -1.20. The van der Waals surface area contributed by atoms with E-state index in [2.05, 4.69) is 27.7 Å². The zero-order chi connectivity index (χ0) is 16.1. The number of hydrogen-bond donors (Lipinski definition) is 0. The van der Waals surface area contributed by atoms with E-state index in [0.717, 1.165) is 0 Å². The van der Waals surface area contributed by atoms with Gasteiger partial charge in [0.2, 0.25) is 0 Å². The van der Waals surface area contributed by atoms with Crippen LogP contribution in [0.25, 0.3) is 0 Å². The molecule has 0 amide bonds. The average Bonchev–Trinajstić information content (AvgIpc) is 2.42. The van der Waals surface area contributed by atoms with Gasteiger partial charge < -0.3 is 9.16 Å². The van der Waals surface area contributed by atoms with E-state index in [1.165, 1.54) is 63.8 Å². The molecule has 0 saturated carbocycles. The Bertz CT molecular complexity index is 226. The van der Waals surface area contributed by atoms with E-state index >= 15 is 0 Å². The maximum absolute atomic E-state index is 6.15. The lowest BCUT2D eigenvalue weighted by Crippen LogP contribution is -2.33. The predicted octanol–water partition coefficient (Wildman–Crippen LogP) is 6.05. The Labute approximate surface area is 135 Å². The first-order chi connectivity index (χ1) is 9.91. The van der Waals surface area contributed by atoms with Gasteiger partial charge in [-0.2, -0.15) is 0 Å². The normalized spacial score (nSPS) is 15.1. The van der Waals surface area contributed by atoms with Gasteiger partial charge in [0.1, 0.15) is 6.29 Å². The molecule has 0 aliphatic carbocycles. The lowest BCUT2D eigenvalue weighted by Gasteiger charge is -2.31. The highest BCUT2D eigenvalue weighted by Crippen LogP contribution is 2.32. The fourth-order valence-electron chi connectivity index (χ4n) is 2.63. The molecule has 0 aromatic heterocycles. The van der Waals surface area contributed by atoms with Gasteiger partial charge in [0, 0.05) is 7.11 Å². The first-order valence-corrected chi connectivity index (χ1v) is 11.0. The molecular weight excluding hydrogens is 276 g/mol. The van der Waals surface area contributed by atoms with Gasteiger partial charge in [0.05, 0.1) is 0 Å². The summed E-state index contributed by atoms with van der Waals surface area (Å²) in [5.74, 6) is 0. The highest BCUT2D eigenvalue weighted by Gasteiger charge is 2.28. The first-order valence-electron chi connectivity index (χ1n) is 9.10. The summed E-state index contributed by atoms with van der Waals surface area (Å²) in [7, 11) is 0.537. The molecule has 0 heterocycles. The van der Waals surface area contributed by atoms with Crippen molar-refractivity contribution in [3.8, 4) is 0 Å². The highest BCUT2D eigenvalue weighted by molar-refractivity contribution is 6.55. The SMILES string of the molecule is CCCCCCCCCCC[SiH](OC(C)OC)C(C)(C)C. The van der Waals surface area contributed by atoms with Crippen molar-refractivity contribution in [1.29, 1.82) is 0 Å². The third kappa shape index (κ3) is 12.4. The van der Waals surface area contributed by atoms with Crippen molar-refractivity contribution in [1.82, 2.24) is 0 Å². The van der Waals surface area contributed by atoms with Gasteiger partial charge in [-0.3, -0.25) is 0 Å². The summed E-state index contributed by atoms with van der Waals surface area (Å²) in [4.78, 5) is 0. The van der Waals surface area contributed by atoms with Crippen LogP contribution < -0.4 is 0 Å². The van der Waals surface area contributed by atoms with E-state index in [-0.39, 0.29) is 6.29 Å². The molecule has 128 valence electrons. The number of ether oxygens (including phenoxy) is 1. The van der Waals surface area contributed by atoms with Crippen LogP contribution in [0.3, 0.4) is 0 Å². The molecule has 0 radical (unpaired) electrons. The largest absolute Gasteiger partial charge is 0.395 e. The molecular formula is C18H40O2Si. The second-order valence-electron chi connectivity index (χ2n) is 7.41. The maximum Gasteiger partial charge on any atom is 0.185 e. The van der Waals surface area contributed by atoms with Crippen molar-refractivity contribution in [2.24, 2.45) is 0 Å². The van der Waals surface area contributed by atoms with Gasteiger partial charge in [-0.05, 0) is 18.0 Å².